The number of aliphatic carboxylic acids is 1. The molecule has 1 atom stereocenters. The molecule has 0 saturated carbocycles. The first-order chi connectivity index (χ1) is 9.56. The lowest BCUT2D eigenvalue weighted by atomic mass is 10.1. The number of hydrogen-bond acceptors (Lipinski definition) is 2. The van der Waals surface area contributed by atoms with Gasteiger partial charge < -0.3 is 5.11 Å². The van der Waals surface area contributed by atoms with Crippen molar-refractivity contribution in [2.45, 2.75) is 16.6 Å². The molecule has 0 bridgehead atoms. The van der Waals surface area contributed by atoms with E-state index in [-0.39, 0.29) is 12.2 Å². The van der Waals surface area contributed by atoms with E-state index < -0.39 is 11.2 Å². The number of benzene rings is 2. The van der Waals surface area contributed by atoms with Gasteiger partial charge in [-0.2, -0.15) is 0 Å². The van der Waals surface area contributed by atoms with Crippen molar-refractivity contribution in [3.05, 3.63) is 64.9 Å². The topological polar surface area (TPSA) is 37.3 Å². The van der Waals surface area contributed by atoms with Gasteiger partial charge >= 0.3 is 5.97 Å². The van der Waals surface area contributed by atoms with Crippen molar-refractivity contribution in [3.8, 4) is 0 Å². The summed E-state index contributed by atoms with van der Waals surface area (Å²) in [6.45, 7) is 0. The maximum Gasteiger partial charge on any atom is 0.317 e. The molecule has 0 saturated heterocycles. The standard InChI is InChI=1S/C15H12ClFO2S/c16-11-5-7-12(8-6-11)20-14(15(18)19)9-10-3-1-2-4-13(10)17/h1-8,14H,9H2,(H,18,19). The highest BCUT2D eigenvalue weighted by atomic mass is 35.5. The van der Waals surface area contributed by atoms with E-state index in [1.54, 1.807) is 42.5 Å². The lowest BCUT2D eigenvalue weighted by Gasteiger charge is -2.12. The quantitative estimate of drug-likeness (QED) is 0.838. The monoisotopic (exact) mass is 310 g/mol. The fourth-order valence-electron chi connectivity index (χ4n) is 1.72. The molecule has 0 fully saturated rings. The Morgan fingerprint density at radius 2 is 1.85 bits per heavy atom. The van der Waals surface area contributed by atoms with Gasteiger partial charge in [-0.1, -0.05) is 29.8 Å². The average molecular weight is 311 g/mol. The summed E-state index contributed by atoms with van der Waals surface area (Å²) in [7, 11) is 0. The zero-order valence-corrected chi connectivity index (χ0v) is 12.0. The average Bonchev–Trinajstić information content (AvgIpc) is 2.42. The molecule has 5 heteroatoms. The molecule has 1 N–H and O–H groups in total. The molecule has 0 aliphatic heterocycles. The Balaban J connectivity index is 2.14. The van der Waals surface area contributed by atoms with E-state index in [9.17, 15) is 14.3 Å². The summed E-state index contributed by atoms with van der Waals surface area (Å²) in [6, 6.07) is 13.1. The maximum atomic E-state index is 13.6. The van der Waals surface area contributed by atoms with Crippen LogP contribution in [0.2, 0.25) is 5.02 Å². The van der Waals surface area contributed by atoms with E-state index in [1.807, 2.05) is 0 Å². The lowest BCUT2D eigenvalue weighted by Crippen LogP contribution is -2.19. The molecule has 0 heterocycles. The third-order valence-corrected chi connectivity index (χ3v) is 4.18. The van der Waals surface area contributed by atoms with Gasteiger partial charge in [-0.25, -0.2) is 4.39 Å². The largest absolute Gasteiger partial charge is 0.480 e. The second-order valence-corrected chi connectivity index (χ2v) is 5.91. The Morgan fingerprint density at radius 1 is 1.20 bits per heavy atom. The molecule has 104 valence electrons. The van der Waals surface area contributed by atoms with Gasteiger partial charge in [-0.3, -0.25) is 4.79 Å². The van der Waals surface area contributed by atoms with E-state index >= 15 is 0 Å². The van der Waals surface area contributed by atoms with Crippen LogP contribution in [0.4, 0.5) is 4.39 Å². The van der Waals surface area contributed by atoms with Gasteiger partial charge in [0.05, 0.1) is 0 Å². The van der Waals surface area contributed by atoms with E-state index in [0.717, 1.165) is 4.90 Å². The summed E-state index contributed by atoms with van der Waals surface area (Å²) in [5.41, 5.74) is 0.404. The van der Waals surface area contributed by atoms with Crippen molar-refractivity contribution in [2.75, 3.05) is 0 Å². The van der Waals surface area contributed by atoms with Crippen LogP contribution in [0.5, 0.6) is 0 Å². The second kappa shape index (κ2) is 6.77. The summed E-state index contributed by atoms with van der Waals surface area (Å²) in [6.07, 6.45) is 0.134. The lowest BCUT2D eigenvalue weighted by molar-refractivity contribution is -0.136. The Hall–Kier alpha value is -1.52. The molecule has 0 aliphatic rings. The smallest absolute Gasteiger partial charge is 0.317 e. The molecule has 0 amide bonds. The van der Waals surface area contributed by atoms with Gasteiger partial charge in [-0.15, -0.1) is 11.8 Å². The van der Waals surface area contributed by atoms with Gasteiger partial charge in [-0.05, 0) is 42.3 Å². The summed E-state index contributed by atoms with van der Waals surface area (Å²) < 4.78 is 13.6. The fourth-order valence-corrected chi connectivity index (χ4v) is 2.83. The highest BCUT2D eigenvalue weighted by Crippen LogP contribution is 2.27. The van der Waals surface area contributed by atoms with Crippen LogP contribution in [0.15, 0.2) is 53.4 Å². The van der Waals surface area contributed by atoms with Gasteiger partial charge in [0.2, 0.25) is 0 Å². The SMILES string of the molecule is O=C(O)C(Cc1ccccc1F)Sc1ccc(Cl)cc1. The summed E-state index contributed by atoms with van der Waals surface area (Å²) in [5, 5.41) is 9.12. The molecule has 0 spiro atoms. The van der Waals surface area contributed by atoms with Crippen LogP contribution in [0.25, 0.3) is 0 Å². The first-order valence-electron chi connectivity index (χ1n) is 5.94. The van der Waals surface area contributed by atoms with Crippen LogP contribution in [-0.2, 0) is 11.2 Å². The third-order valence-electron chi connectivity index (χ3n) is 2.73. The molecular weight excluding hydrogens is 299 g/mol. The highest BCUT2D eigenvalue weighted by Gasteiger charge is 2.20. The number of carboxylic acids is 1. The zero-order valence-electron chi connectivity index (χ0n) is 10.4. The zero-order chi connectivity index (χ0) is 14.5. The van der Waals surface area contributed by atoms with E-state index in [4.69, 9.17) is 11.6 Å². The van der Waals surface area contributed by atoms with E-state index in [2.05, 4.69) is 0 Å². The number of carbonyl (C=O) groups is 1. The molecule has 1 unspecified atom stereocenters. The van der Waals surface area contributed by atoms with Crippen LogP contribution >= 0.6 is 23.4 Å². The van der Waals surface area contributed by atoms with Crippen molar-refractivity contribution in [1.82, 2.24) is 0 Å². The minimum absolute atomic E-state index is 0.134. The third kappa shape index (κ3) is 3.99. The van der Waals surface area contributed by atoms with Gasteiger partial charge in [0.25, 0.3) is 0 Å². The number of carboxylic acid groups (broad SMARTS) is 1. The van der Waals surface area contributed by atoms with E-state index in [0.29, 0.717) is 10.6 Å². The summed E-state index contributed by atoms with van der Waals surface area (Å²) in [5.74, 6) is -1.34. The van der Waals surface area contributed by atoms with Gasteiger partial charge in [0.15, 0.2) is 0 Å². The van der Waals surface area contributed by atoms with Crippen molar-refractivity contribution in [1.29, 1.82) is 0 Å². The first-order valence-corrected chi connectivity index (χ1v) is 7.20. The summed E-state index contributed by atoms with van der Waals surface area (Å²) in [4.78, 5) is 12.1. The van der Waals surface area contributed by atoms with Crippen LogP contribution in [0.1, 0.15) is 5.56 Å². The number of thioether (sulfide) groups is 1. The maximum absolute atomic E-state index is 13.6. The second-order valence-electron chi connectivity index (χ2n) is 4.19. The molecule has 2 nitrogen and oxygen atoms in total. The number of hydrogen-bond donors (Lipinski definition) is 1. The molecule has 0 aromatic heterocycles. The minimum atomic E-state index is -0.965. The number of halogens is 2. The van der Waals surface area contributed by atoms with Crippen LogP contribution in [0, 0.1) is 5.82 Å². The van der Waals surface area contributed by atoms with Crippen molar-refractivity contribution in [3.63, 3.8) is 0 Å². The predicted octanol–water partition coefficient (Wildman–Crippen LogP) is 4.27. The minimum Gasteiger partial charge on any atom is -0.480 e. The van der Waals surface area contributed by atoms with E-state index in [1.165, 1.54) is 17.8 Å². The Labute approximate surface area is 125 Å². The van der Waals surface area contributed by atoms with Crippen molar-refractivity contribution >= 4 is 29.3 Å². The van der Waals surface area contributed by atoms with Crippen LogP contribution in [-0.4, -0.2) is 16.3 Å². The highest BCUT2D eigenvalue weighted by molar-refractivity contribution is 8.00. The first kappa shape index (κ1) is 14.9. The van der Waals surface area contributed by atoms with Crippen LogP contribution < -0.4 is 0 Å². The molecule has 2 aromatic carbocycles. The van der Waals surface area contributed by atoms with Gasteiger partial charge in [0, 0.05) is 9.92 Å². The number of rotatable bonds is 5. The molecule has 0 radical (unpaired) electrons. The molecular formula is C15H12ClFO2S. The Morgan fingerprint density at radius 3 is 2.45 bits per heavy atom. The van der Waals surface area contributed by atoms with Gasteiger partial charge in [0.1, 0.15) is 11.1 Å². The molecule has 2 rings (SSSR count). The molecule has 2 aromatic rings. The predicted molar refractivity (Wildman–Crippen MR) is 78.8 cm³/mol. The Kier molecular flexibility index (Phi) is 5.04. The van der Waals surface area contributed by atoms with Crippen molar-refractivity contribution in [2.24, 2.45) is 0 Å². The Bertz CT molecular complexity index is 601. The normalized spacial score (nSPS) is 12.1. The molecule has 20 heavy (non-hydrogen) atoms. The summed E-state index contributed by atoms with van der Waals surface area (Å²) >= 11 is 6.97. The van der Waals surface area contributed by atoms with Crippen molar-refractivity contribution < 1.29 is 14.3 Å². The van der Waals surface area contributed by atoms with Crippen LogP contribution in [0.3, 0.4) is 0 Å². The fraction of sp³-hybridized carbons (Fsp3) is 0.133. The molecule has 0 aliphatic carbocycles.